The average Bonchev–Trinajstić information content (AvgIpc) is 2.37. The van der Waals surface area contributed by atoms with Crippen LogP contribution < -0.4 is 4.74 Å². The smallest absolute Gasteiger partial charge is 0.299 e. The Morgan fingerprint density at radius 2 is 2.50 bits per heavy atom. The zero-order valence-corrected chi connectivity index (χ0v) is 5.76. The van der Waals surface area contributed by atoms with Crippen LogP contribution in [0.2, 0.25) is 0 Å². The van der Waals surface area contributed by atoms with Crippen molar-refractivity contribution in [3.63, 3.8) is 0 Å². The molecular weight excluding hydrogens is 130 g/mol. The molecule has 1 aromatic heterocycles. The highest BCUT2D eigenvalue weighted by Crippen LogP contribution is 2.08. The first-order chi connectivity index (χ1) is 4.86. The van der Waals surface area contributed by atoms with Crippen LogP contribution in [0.5, 0.6) is 5.88 Å². The Morgan fingerprint density at radius 1 is 1.70 bits per heavy atom. The standard InChI is InChI=1S/C7H9NO2/c1-2-6-3-4-7(8-6)10-5-9/h3-5,8H,2H2,1H3. The predicted octanol–water partition coefficient (Wildman–Crippen LogP) is 1.11. The summed E-state index contributed by atoms with van der Waals surface area (Å²) in [6.45, 7) is 2.43. The zero-order chi connectivity index (χ0) is 7.40. The maximum atomic E-state index is 9.83. The molecule has 0 aliphatic rings. The van der Waals surface area contributed by atoms with Crippen molar-refractivity contribution >= 4 is 6.47 Å². The third-order valence-electron chi connectivity index (χ3n) is 1.28. The first-order valence-corrected chi connectivity index (χ1v) is 3.15. The first-order valence-electron chi connectivity index (χ1n) is 3.15. The number of rotatable bonds is 3. The number of nitrogens with one attached hydrogen (secondary N) is 1. The maximum absolute atomic E-state index is 9.83. The second kappa shape index (κ2) is 3.06. The lowest BCUT2D eigenvalue weighted by Crippen LogP contribution is -1.88. The van der Waals surface area contributed by atoms with E-state index in [0.717, 1.165) is 12.1 Å². The van der Waals surface area contributed by atoms with Crippen molar-refractivity contribution in [3.05, 3.63) is 17.8 Å². The molecule has 0 fully saturated rings. The average molecular weight is 139 g/mol. The Hall–Kier alpha value is -1.25. The van der Waals surface area contributed by atoms with Crippen LogP contribution in [0.3, 0.4) is 0 Å². The van der Waals surface area contributed by atoms with Gasteiger partial charge in [0.1, 0.15) is 0 Å². The normalized spacial score (nSPS) is 9.30. The van der Waals surface area contributed by atoms with Crippen molar-refractivity contribution in [2.24, 2.45) is 0 Å². The minimum absolute atomic E-state index is 0.408. The second-order valence-electron chi connectivity index (χ2n) is 1.92. The fraction of sp³-hybridized carbons (Fsp3) is 0.286. The molecule has 54 valence electrons. The van der Waals surface area contributed by atoms with Crippen LogP contribution in [0, 0.1) is 0 Å². The molecule has 0 aromatic carbocycles. The lowest BCUT2D eigenvalue weighted by molar-refractivity contribution is -0.120. The van der Waals surface area contributed by atoms with Gasteiger partial charge < -0.3 is 9.72 Å². The van der Waals surface area contributed by atoms with E-state index in [9.17, 15) is 4.79 Å². The van der Waals surface area contributed by atoms with Crippen LogP contribution in [0.25, 0.3) is 0 Å². The van der Waals surface area contributed by atoms with Crippen molar-refractivity contribution in [2.75, 3.05) is 0 Å². The maximum Gasteiger partial charge on any atom is 0.299 e. The summed E-state index contributed by atoms with van der Waals surface area (Å²) in [4.78, 5) is 12.7. The largest absolute Gasteiger partial charge is 0.412 e. The Labute approximate surface area is 59.0 Å². The summed E-state index contributed by atoms with van der Waals surface area (Å²) in [6, 6.07) is 3.62. The Balaban J connectivity index is 2.67. The number of aromatic amines is 1. The second-order valence-corrected chi connectivity index (χ2v) is 1.92. The minimum atomic E-state index is 0.408. The summed E-state index contributed by atoms with van der Waals surface area (Å²) in [5.41, 5.74) is 1.07. The number of carbonyl (C=O) groups excluding carboxylic acids is 1. The van der Waals surface area contributed by atoms with Crippen LogP contribution in [-0.2, 0) is 11.2 Å². The van der Waals surface area contributed by atoms with Crippen molar-refractivity contribution in [1.29, 1.82) is 0 Å². The quantitative estimate of drug-likeness (QED) is 0.637. The summed E-state index contributed by atoms with van der Waals surface area (Å²) in [7, 11) is 0. The van der Waals surface area contributed by atoms with Crippen molar-refractivity contribution in [1.82, 2.24) is 4.98 Å². The van der Waals surface area contributed by atoms with Crippen molar-refractivity contribution in [2.45, 2.75) is 13.3 Å². The van der Waals surface area contributed by atoms with Gasteiger partial charge in [0.2, 0.25) is 5.88 Å². The third kappa shape index (κ3) is 1.37. The van der Waals surface area contributed by atoms with Gasteiger partial charge in [0.05, 0.1) is 0 Å². The highest BCUT2D eigenvalue weighted by Gasteiger charge is 1.94. The van der Waals surface area contributed by atoms with Gasteiger partial charge in [-0.1, -0.05) is 6.92 Å². The lowest BCUT2D eigenvalue weighted by Gasteiger charge is -1.89. The van der Waals surface area contributed by atoms with E-state index in [0.29, 0.717) is 12.4 Å². The van der Waals surface area contributed by atoms with Crippen molar-refractivity contribution in [3.8, 4) is 5.88 Å². The van der Waals surface area contributed by atoms with Gasteiger partial charge >= 0.3 is 0 Å². The first kappa shape index (κ1) is 6.86. The van der Waals surface area contributed by atoms with Gasteiger partial charge in [0.25, 0.3) is 6.47 Å². The van der Waals surface area contributed by atoms with Crippen LogP contribution in [-0.4, -0.2) is 11.5 Å². The monoisotopic (exact) mass is 139 g/mol. The van der Waals surface area contributed by atoms with Crippen LogP contribution in [0.4, 0.5) is 0 Å². The van der Waals surface area contributed by atoms with E-state index in [4.69, 9.17) is 0 Å². The Kier molecular flexibility index (Phi) is 2.10. The molecule has 10 heavy (non-hydrogen) atoms. The fourth-order valence-electron chi connectivity index (χ4n) is 0.745. The molecule has 0 saturated heterocycles. The highest BCUT2D eigenvalue weighted by atomic mass is 16.5. The summed E-state index contributed by atoms with van der Waals surface area (Å²) in [5, 5.41) is 0. The van der Waals surface area contributed by atoms with E-state index in [1.165, 1.54) is 0 Å². The summed E-state index contributed by atoms with van der Waals surface area (Å²) >= 11 is 0. The molecule has 0 spiro atoms. The van der Waals surface area contributed by atoms with Gasteiger partial charge in [0, 0.05) is 11.8 Å². The number of H-pyrrole nitrogens is 1. The molecule has 1 rings (SSSR count). The van der Waals surface area contributed by atoms with E-state index >= 15 is 0 Å². The summed E-state index contributed by atoms with van der Waals surface area (Å²) in [6.07, 6.45) is 0.919. The van der Waals surface area contributed by atoms with Crippen LogP contribution in [0.15, 0.2) is 12.1 Å². The molecule has 0 aliphatic heterocycles. The van der Waals surface area contributed by atoms with Gasteiger partial charge in [-0.2, -0.15) is 0 Å². The topological polar surface area (TPSA) is 42.1 Å². The number of carbonyl (C=O) groups is 1. The Morgan fingerprint density at radius 3 is 3.00 bits per heavy atom. The molecule has 0 saturated carbocycles. The van der Waals surface area contributed by atoms with Crippen LogP contribution >= 0.6 is 0 Å². The molecule has 0 unspecified atom stereocenters. The molecule has 0 radical (unpaired) electrons. The van der Waals surface area contributed by atoms with Crippen LogP contribution in [0.1, 0.15) is 12.6 Å². The molecule has 0 aliphatic carbocycles. The fourth-order valence-corrected chi connectivity index (χ4v) is 0.745. The van der Waals surface area contributed by atoms with E-state index in [1.54, 1.807) is 6.07 Å². The van der Waals surface area contributed by atoms with Gasteiger partial charge in [-0.25, -0.2) is 0 Å². The zero-order valence-electron chi connectivity index (χ0n) is 5.76. The summed E-state index contributed by atoms with van der Waals surface area (Å²) in [5.74, 6) is 0.506. The van der Waals surface area contributed by atoms with E-state index in [-0.39, 0.29) is 0 Å². The molecule has 1 heterocycles. The van der Waals surface area contributed by atoms with Gasteiger partial charge in [-0.3, -0.25) is 4.79 Å². The molecule has 1 N–H and O–H groups in total. The van der Waals surface area contributed by atoms with E-state index < -0.39 is 0 Å². The molecule has 0 atom stereocenters. The Bertz CT molecular complexity index is 217. The molecule has 0 bridgehead atoms. The molecule has 3 heteroatoms. The molecular formula is C7H9NO2. The van der Waals surface area contributed by atoms with Gasteiger partial charge in [0.15, 0.2) is 0 Å². The number of aryl methyl sites for hydroxylation is 1. The molecule has 1 aromatic rings. The van der Waals surface area contributed by atoms with Crippen molar-refractivity contribution < 1.29 is 9.53 Å². The van der Waals surface area contributed by atoms with E-state index in [2.05, 4.69) is 9.72 Å². The third-order valence-corrected chi connectivity index (χ3v) is 1.28. The number of aromatic nitrogens is 1. The SMILES string of the molecule is CCc1ccc(OC=O)[nH]1. The predicted molar refractivity (Wildman–Crippen MR) is 36.9 cm³/mol. The van der Waals surface area contributed by atoms with Gasteiger partial charge in [-0.15, -0.1) is 0 Å². The minimum Gasteiger partial charge on any atom is -0.412 e. The highest BCUT2D eigenvalue weighted by molar-refractivity contribution is 5.43. The number of ether oxygens (including phenoxy) is 1. The number of hydrogen-bond donors (Lipinski definition) is 1. The lowest BCUT2D eigenvalue weighted by atomic mass is 10.3. The number of hydrogen-bond acceptors (Lipinski definition) is 2. The molecule has 3 nitrogen and oxygen atoms in total. The van der Waals surface area contributed by atoms with Gasteiger partial charge in [-0.05, 0) is 12.5 Å². The molecule has 0 amide bonds. The van der Waals surface area contributed by atoms with E-state index in [1.807, 2.05) is 13.0 Å². The summed E-state index contributed by atoms with van der Waals surface area (Å²) < 4.78 is 4.55.